The summed E-state index contributed by atoms with van der Waals surface area (Å²) in [4.78, 5) is 2.45. The first-order valence-corrected chi connectivity index (χ1v) is 22.0. The van der Waals surface area contributed by atoms with Crippen molar-refractivity contribution < 1.29 is 0 Å². The zero-order valence-corrected chi connectivity index (χ0v) is 35.1. The quantitative estimate of drug-likeness (QED) is 0.139. The van der Waals surface area contributed by atoms with Crippen LogP contribution in [0.4, 0.5) is 17.1 Å². The van der Waals surface area contributed by atoms with Crippen molar-refractivity contribution in [2.75, 3.05) is 4.90 Å². The van der Waals surface area contributed by atoms with Crippen LogP contribution in [0, 0.1) is 0 Å². The monoisotopic (exact) mass is 814 g/mol. The summed E-state index contributed by atoms with van der Waals surface area (Å²) in [5, 5.41) is 7.55. The van der Waals surface area contributed by atoms with Gasteiger partial charge in [0.2, 0.25) is 0 Å². The van der Waals surface area contributed by atoms with Gasteiger partial charge in [-0.25, -0.2) is 0 Å². The second-order valence-corrected chi connectivity index (χ2v) is 16.5. The van der Waals surface area contributed by atoms with E-state index in [9.17, 15) is 0 Å². The summed E-state index contributed by atoms with van der Waals surface area (Å²) in [7, 11) is 0. The topological polar surface area (TPSA) is 8.17 Å². The van der Waals surface area contributed by atoms with Crippen molar-refractivity contribution in [3.05, 3.63) is 255 Å². The fraction of sp³-hybridized carbons (Fsp3) is 0. The Labute approximate surface area is 373 Å². The van der Waals surface area contributed by atoms with E-state index in [2.05, 4.69) is 264 Å². The maximum atomic E-state index is 2.45. The number of hydrogen-bond acceptors (Lipinski definition) is 1. The Morgan fingerprint density at radius 3 is 1.47 bits per heavy atom. The molecule has 0 aliphatic heterocycles. The third-order valence-corrected chi connectivity index (χ3v) is 12.8. The summed E-state index contributed by atoms with van der Waals surface area (Å²) in [5.41, 5.74) is 16.1. The molecule has 1 aromatic heterocycles. The number of nitrogens with zero attached hydrogens (tertiary/aromatic N) is 2. The first-order chi connectivity index (χ1) is 31.8. The van der Waals surface area contributed by atoms with E-state index in [4.69, 9.17) is 0 Å². The molecule has 0 aliphatic carbocycles. The zero-order valence-electron chi connectivity index (χ0n) is 35.1. The van der Waals surface area contributed by atoms with E-state index < -0.39 is 0 Å². The highest BCUT2D eigenvalue weighted by Crippen LogP contribution is 2.47. The summed E-state index contributed by atoms with van der Waals surface area (Å²) in [6.07, 6.45) is 0. The van der Waals surface area contributed by atoms with Crippen molar-refractivity contribution in [3.63, 3.8) is 0 Å². The van der Waals surface area contributed by atoms with Crippen LogP contribution in [0.15, 0.2) is 255 Å². The molecule has 0 saturated carbocycles. The zero-order chi connectivity index (χ0) is 42.4. The molecule has 0 amide bonds. The first-order valence-electron chi connectivity index (χ1n) is 22.0. The predicted octanol–water partition coefficient (Wildman–Crippen LogP) is 17.2. The Morgan fingerprint density at radius 2 is 0.734 bits per heavy atom. The Balaban J connectivity index is 1.03. The van der Waals surface area contributed by atoms with E-state index in [1.54, 1.807) is 0 Å². The van der Waals surface area contributed by atoms with Gasteiger partial charge in [0, 0.05) is 33.2 Å². The van der Waals surface area contributed by atoms with Gasteiger partial charge in [0.25, 0.3) is 0 Å². The highest BCUT2D eigenvalue weighted by molar-refractivity contribution is 6.10. The van der Waals surface area contributed by atoms with E-state index in [-0.39, 0.29) is 0 Å². The molecule has 0 aliphatic rings. The van der Waals surface area contributed by atoms with Gasteiger partial charge in [-0.3, -0.25) is 0 Å². The molecular formula is C62H42N2. The fourth-order valence-electron chi connectivity index (χ4n) is 9.76. The van der Waals surface area contributed by atoms with Crippen molar-refractivity contribution in [2.24, 2.45) is 0 Å². The lowest BCUT2D eigenvalue weighted by atomic mass is 9.96. The summed E-state index contributed by atoms with van der Waals surface area (Å²) in [6, 6.07) is 92.7. The van der Waals surface area contributed by atoms with Crippen LogP contribution < -0.4 is 4.90 Å². The van der Waals surface area contributed by atoms with Crippen molar-refractivity contribution in [2.45, 2.75) is 0 Å². The standard InChI is InChI=1S/C62H42N2/c1-2-16-43(17-3-1)44-30-32-47(33-31-44)53-20-6-11-25-58(53)63(50-39-36-45(37-40-50)48-38-41-52-49(42-48)35-34-46-18-4-5-19-51(46)52)59-26-12-7-21-54(59)55-22-8-13-27-60(55)64-61-28-14-9-23-56(61)57-24-10-15-29-62(57)64/h1-42H. The predicted molar refractivity (Wildman–Crippen MR) is 272 cm³/mol. The van der Waals surface area contributed by atoms with Gasteiger partial charge in [0.1, 0.15) is 0 Å². The molecule has 0 atom stereocenters. The molecule has 1 heterocycles. The number of fused-ring (bicyclic) bond motifs is 6. The molecule has 12 aromatic rings. The van der Waals surface area contributed by atoms with Crippen LogP contribution in [-0.2, 0) is 0 Å². The van der Waals surface area contributed by atoms with Crippen molar-refractivity contribution in [1.82, 2.24) is 4.57 Å². The molecule has 0 bridgehead atoms. The number of anilines is 3. The SMILES string of the molecule is c1ccc(-c2ccc(-c3ccccc3N(c3ccc(-c4ccc5c(ccc6ccccc65)c4)cc3)c3ccccc3-c3ccccc3-n3c4ccccc4c4ccccc43)cc2)cc1. The normalized spacial score (nSPS) is 11.4. The minimum atomic E-state index is 1.07. The van der Waals surface area contributed by atoms with E-state index >= 15 is 0 Å². The van der Waals surface area contributed by atoms with Gasteiger partial charge in [-0.1, -0.05) is 206 Å². The number of hydrogen-bond donors (Lipinski definition) is 0. The van der Waals surface area contributed by atoms with Crippen LogP contribution >= 0.6 is 0 Å². The summed E-state index contributed by atoms with van der Waals surface area (Å²) < 4.78 is 2.44. The molecule has 64 heavy (non-hydrogen) atoms. The van der Waals surface area contributed by atoms with Crippen LogP contribution in [0.2, 0.25) is 0 Å². The molecule has 2 heteroatoms. The van der Waals surface area contributed by atoms with Crippen molar-refractivity contribution in [1.29, 1.82) is 0 Å². The average molecular weight is 815 g/mol. The van der Waals surface area contributed by atoms with Gasteiger partial charge in [-0.05, 0) is 97.9 Å². The summed E-state index contributed by atoms with van der Waals surface area (Å²) in [5.74, 6) is 0. The molecule has 0 saturated heterocycles. The van der Waals surface area contributed by atoms with E-state index in [0.717, 1.165) is 45.0 Å². The van der Waals surface area contributed by atoms with Crippen LogP contribution in [0.5, 0.6) is 0 Å². The van der Waals surface area contributed by atoms with Crippen LogP contribution in [0.3, 0.4) is 0 Å². The maximum absolute atomic E-state index is 2.45. The second kappa shape index (κ2) is 15.8. The van der Waals surface area contributed by atoms with E-state index in [1.807, 2.05) is 0 Å². The second-order valence-electron chi connectivity index (χ2n) is 16.5. The number of aromatic nitrogens is 1. The number of rotatable bonds is 8. The van der Waals surface area contributed by atoms with Gasteiger partial charge in [0.05, 0.1) is 28.1 Å². The molecule has 12 rings (SSSR count). The van der Waals surface area contributed by atoms with Gasteiger partial charge in [-0.2, -0.15) is 0 Å². The third-order valence-electron chi connectivity index (χ3n) is 12.8. The molecule has 11 aromatic carbocycles. The van der Waals surface area contributed by atoms with E-state index in [1.165, 1.54) is 65.6 Å². The fourth-order valence-corrected chi connectivity index (χ4v) is 9.76. The average Bonchev–Trinajstić information content (AvgIpc) is 3.71. The molecule has 2 nitrogen and oxygen atoms in total. The minimum absolute atomic E-state index is 1.07. The lowest BCUT2D eigenvalue weighted by molar-refractivity contribution is 1.18. The summed E-state index contributed by atoms with van der Waals surface area (Å²) >= 11 is 0. The maximum Gasteiger partial charge on any atom is 0.0541 e. The molecule has 0 unspecified atom stereocenters. The number of para-hydroxylation sites is 5. The lowest BCUT2D eigenvalue weighted by Gasteiger charge is -2.30. The van der Waals surface area contributed by atoms with Gasteiger partial charge in [-0.15, -0.1) is 0 Å². The minimum Gasteiger partial charge on any atom is -0.309 e. The molecular weight excluding hydrogens is 773 g/mol. The smallest absolute Gasteiger partial charge is 0.0541 e. The van der Waals surface area contributed by atoms with Crippen molar-refractivity contribution in [3.8, 4) is 50.2 Å². The molecule has 0 radical (unpaired) electrons. The summed E-state index contributed by atoms with van der Waals surface area (Å²) in [6.45, 7) is 0. The Bertz CT molecular complexity index is 3600. The Hall–Kier alpha value is -8.46. The molecule has 0 fully saturated rings. The Morgan fingerprint density at radius 1 is 0.266 bits per heavy atom. The highest BCUT2D eigenvalue weighted by Gasteiger charge is 2.23. The van der Waals surface area contributed by atoms with Crippen LogP contribution in [-0.4, -0.2) is 4.57 Å². The largest absolute Gasteiger partial charge is 0.309 e. The van der Waals surface area contributed by atoms with Gasteiger partial charge >= 0.3 is 0 Å². The Kier molecular flexibility index (Phi) is 9.20. The highest BCUT2D eigenvalue weighted by atomic mass is 15.1. The molecule has 0 spiro atoms. The molecule has 300 valence electrons. The third kappa shape index (κ3) is 6.44. The molecule has 0 N–H and O–H groups in total. The van der Waals surface area contributed by atoms with Gasteiger partial charge < -0.3 is 9.47 Å². The van der Waals surface area contributed by atoms with Crippen molar-refractivity contribution >= 4 is 60.4 Å². The van der Waals surface area contributed by atoms with Gasteiger partial charge in [0.15, 0.2) is 0 Å². The first kappa shape index (κ1) is 37.3. The van der Waals surface area contributed by atoms with E-state index in [0.29, 0.717) is 0 Å². The van der Waals surface area contributed by atoms with Crippen LogP contribution in [0.25, 0.3) is 93.5 Å². The number of benzene rings is 11. The van der Waals surface area contributed by atoms with Crippen LogP contribution in [0.1, 0.15) is 0 Å². The lowest BCUT2D eigenvalue weighted by Crippen LogP contribution is -2.13.